The number of carbonyl (C=O) groups is 1. The average molecular weight is 455 g/mol. The molecule has 2 aliphatic heterocycles. The van der Waals surface area contributed by atoms with Crippen LogP contribution in [-0.4, -0.2) is 43.3 Å². The number of sulfonamides is 1. The van der Waals surface area contributed by atoms with E-state index in [1.54, 1.807) is 28.6 Å². The number of nitrogens with one attached hydrogen (secondary N) is 1. The molecule has 1 saturated heterocycles. The van der Waals surface area contributed by atoms with Gasteiger partial charge in [-0.3, -0.25) is 14.4 Å². The predicted octanol–water partition coefficient (Wildman–Crippen LogP) is 3.11. The highest BCUT2D eigenvalue weighted by Crippen LogP contribution is 2.29. The molecule has 0 unspecified atom stereocenters. The third-order valence-electron chi connectivity index (χ3n) is 5.89. The Bertz CT molecular complexity index is 1190. The third kappa shape index (κ3) is 3.96. The fourth-order valence-corrected chi connectivity index (χ4v) is 6.09. The number of carbonyl (C=O) groups excluding carboxylic acids is 1. The molecule has 7 nitrogen and oxygen atoms in total. The molecule has 0 spiro atoms. The van der Waals surface area contributed by atoms with Crippen LogP contribution in [0.15, 0.2) is 65.0 Å². The summed E-state index contributed by atoms with van der Waals surface area (Å²) in [6.07, 6.45) is 3.27. The zero-order chi connectivity index (χ0) is 21.4. The lowest BCUT2D eigenvalue weighted by molar-refractivity contribution is -0.122. The second kappa shape index (κ2) is 8.07. The number of benzene rings is 2. The van der Waals surface area contributed by atoms with Gasteiger partial charge in [0, 0.05) is 36.9 Å². The fraction of sp³-hybridized carbons (Fsp3) is 0.273. The van der Waals surface area contributed by atoms with Gasteiger partial charge in [-0.25, -0.2) is 13.4 Å². The van der Waals surface area contributed by atoms with E-state index in [0.717, 1.165) is 31.6 Å². The third-order valence-corrected chi connectivity index (χ3v) is 8.06. The molecule has 1 N–H and O–H groups in total. The molecule has 0 aliphatic carbocycles. The topological polar surface area (TPSA) is 82.6 Å². The summed E-state index contributed by atoms with van der Waals surface area (Å²) in [6, 6.07) is 14.7. The van der Waals surface area contributed by atoms with Gasteiger partial charge in [-0.1, -0.05) is 24.3 Å². The Balaban J connectivity index is 1.29. The van der Waals surface area contributed by atoms with E-state index in [2.05, 4.69) is 32.8 Å². The van der Waals surface area contributed by atoms with Gasteiger partial charge in [-0.15, -0.1) is 11.3 Å². The highest BCUT2D eigenvalue weighted by Gasteiger charge is 2.37. The van der Waals surface area contributed by atoms with Crippen molar-refractivity contribution in [3.8, 4) is 0 Å². The lowest BCUT2D eigenvalue weighted by Crippen LogP contribution is -2.44. The van der Waals surface area contributed by atoms with Gasteiger partial charge in [0.05, 0.1) is 10.9 Å². The van der Waals surface area contributed by atoms with Crippen molar-refractivity contribution in [3.05, 3.63) is 71.2 Å². The minimum atomic E-state index is -3.71. The Labute approximate surface area is 185 Å². The highest BCUT2D eigenvalue weighted by atomic mass is 32.2. The van der Waals surface area contributed by atoms with Crippen LogP contribution >= 0.6 is 11.3 Å². The van der Waals surface area contributed by atoms with E-state index in [9.17, 15) is 13.2 Å². The van der Waals surface area contributed by atoms with Crippen LogP contribution in [0.3, 0.4) is 0 Å². The van der Waals surface area contributed by atoms with Crippen LogP contribution < -0.4 is 9.62 Å². The SMILES string of the molecule is O=C1[C@@H](N2CCc3ccccc3C2)CCN1c1ccc(S(=O)(=O)Nc2nccs2)cc1. The smallest absolute Gasteiger partial charge is 0.263 e. The molecule has 160 valence electrons. The maximum atomic E-state index is 13.2. The minimum Gasteiger partial charge on any atom is -0.311 e. The van der Waals surface area contributed by atoms with Gasteiger partial charge in [0.1, 0.15) is 0 Å². The van der Waals surface area contributed by atoms with Crippen molar-refractivity contribution in [1.82, 2.24) is 9.88 Å². The zero-order valence-electron chi connectivity index (χ0n) is 16.8. The van der Waals surface area contributed by atoms with Gasteiger partial charge in [-0.05, 0) is 48.2 Å². The largest absolute Gasteiger partial charge is 0.311 e. The Morgan fingerprint density at radius 1 is 1.03 bits per heavy atom. The highest BCUT2D eigenvalue weighted by molar-refractivity contribution is 7.93. The van der Waals surface area contributed by atoms with E-state index in [-0.39, 0.29) is 16.8 Å². The Kier molecular flexibility index (Phi) is 5.25. The summed E-state index contributed by atoms with van der Waals surface area (Å²) < 4.78 is 27.5. The number of thiazole rings is 1. The average Bonchev–Trinajstić information content (AvgIpc) is 3.42. The predicted molar refractivity (Wildman–Crippen MR) is 121 cm³/mol. The number of amides is 1. The molecule has 0 radical (unpaired) electrons. The number of anilines is 2. The lowest BCUT2D eigenvalue weighted by atomic mass is 9.98. The van der Waals surface area contributed by atoms with Crippen LogP contribution in [0.5, 0.6) is 0 Å². The van der Waals surface area contributed by atoms with Crippen molar-refractivity contribution < 1.29 is 13.2 Å². The first kappa shape index (κ1) is 20.2. The molecule has 0 bridgehead atoms. The summed E-state index contributed by atoms with van der Waals surface area (Å²) in [5.41, 5.74) is 3.38. The van der Waals surface area contributed by atoms with E-state index in [1.807, 2.05) is 6.07 Å². The van der Waals surface area contributed by atoms with Crippen LogP contribution in [0.4, 0.5) is 10.8 Å². The van der Waals surface area contributed by atoms with Gasteiger partial charge in [0.15, 0.2) is 5.13 Å². The zero-order valence-corrected chi connectivity index (χ0v) is 18.4. The molecule has 9 heteroatoms. The second-order valence-electron chi connectivity index (χ2n) is 7.72. The normalized spacial score (nSPS) is 19.4. The molecule has 3 heterocycles. The first-order valence-corrected chi connectivity index (χ1v) is 12.5. The molecule has 0 saturated carbocycles. The summed E-state index contributed by atoms with van der Waals surface area (Å²) in [5.74, 6) is 0.0795. The molecule has 1 atom stereocenters. The maximum Gasteiger partial charge on any atom is 0.263 e. The van der Waals surface area contributed by atoms with E-state index in [4.69, 9.17) is 0 Å². The molecule has 2 aromatic carbocycles. The van der Waals surface area contributed by atoms with Crippen LogP contribution in [0.1, 0.15) is 17.5 Å². The number of nitrogens with zero attached hydrogens (tertiary/aromatic N) is 3. The summed E-state index contributed by atoms with van der Waals surface area (Å²) >= 11 is 1.22. The van der Waals surface area contributed by atoms with Crippen molar-refractivity contribution in [3.63, 3.8) is 0 Å². The first-order chi connectivity index (χ1) is 15.0. The summed E-state index contributed by atoms with van der Waals surface area (Å²) in [7, 11) is -3.71. The molecular weight excluding hydrogens is 432 g/mol. The molecule has 1 amide bonds. The quantitative estimate of drug-likeness (QED) is 0.641. The Morgan fingerprint density at radius 3 is 2.55 bits per heavy atom. The molecule has 3 aromatic rings. The molecule has 1 aromatic heterocycles. The van der Waals surface area contributed by atoms with Gasteiger partial charge >= 0.3 is 0 Å². The number of aromatic nitrogens is 1. The molecular formula is C22H22N4O3S2. The number of fused-ring (bicyclic) bond motifs is 1. The maximum absolute atomic E-state index is 13.2. The van der Waals surface area contributed by atoms with Gasteiger partial charge in [0.2, 0.25) is 5.91 Å². The van der Waals surface area contributed by atoms with Gasteiger partial charge < -0.3 is 4.90 Å². The standard InChI is InChI=1S/C22H22N4O3S2/c27-21-20(25-12-9-16-3-1-2-4-17(16)15-25)10-13-26(21)18-5-7-19(8-6-18)31(28,29)24-22-23-11-14-30-22/h1-8,11,14,20H,9-10,12-13,15H2,(H,23,24)/t20-/m0/s1. The van der Waals surface area contributed by atoms with Crippen molar-refractivity contribution in [2.75, 3.05) is 22.7 Å². The summed E-state index contributed by atoms with van der Waals surface area (Å²) in [6.45, 7) is 2.30. The number of hydrogen-bond donors (Lipinski definition) is 1. The Morgan fingerprint density at radius 2 is 1.81 bits per heavy atom. The van der Waals surface area contributed by atoms with E-state index in [0.29, 0.717) is 11.7 Å². The van der Waals surface area contributed by atoms with Crippen molar-refractivity contribution >= 4 is 38.1 Å². The lowest BCUT2D eigenvalue weighted by Gasteiger charge is -2.32. The van der Waals surface area contributed by atoms with Gasteiger partial charge in [0.25, 0.3) is 10.0 Å². The van der Waals surface area contributed by atoms with Crippen molar-refractivity contribution in [2.45, 2.75) is 30.3 Å². The number of rotatable bonds is 5. The molecule has 1 fully saturated rings. The monoisotopic (exact) mass is 454 g/mol. The molecule has 5 rings (SSSR count). The van der Waals surface area contributed by atoms with Crippen LogP contribution in [-0.2, 0) is 27.8 Å². The van der Waals surface area contributed by atoms with E-state index in [1.165, 1.54) is 34.6 Å². The van der Waals surface area contributed by atoms with Gasteiger partial charge in [-0.2, -0.15) is 0 Å². The Hall–Kier alpha value is -2.75. The van der Waals surface area contributed by atoms with Crippen molar-refractivity contribution in [2.24, 2.45) is 0 Å². The van der Waals surface area contributed by atoms with Crippen LogP contribution in [0.2, 0.25) is 0 Å². The summed E-state index contributed by atoms with van der Waals surface area (Å²) in [5, 5.41) is 2.03. The van der Waals surface area contributed by atoms with Crippen molar-refractivity contribution in [1.29, 1.82) is 0 Å². The summed E-state index contributed by atoms with van der Waals surface area (Å²) in [4.78, 5) is 21.3. The minimum absolute atomic E-state index is 0.0795. The van der Waals surface area contributed by atoms with E-state index < -0.39 is 10.0 Å². The first-order valence-electron chi connectivity index (χ1n) is 10.2. The second-order valence-corrected chi connectivity index (χ2v) is 10.3. The van der Waals surface area contributed by atoms with E-state index >= 15 is 0 Å². The van der Waals surface area contributed by atoms with Crippen LogP contribution in [0.25, 0.3) is 0 Å². The molecule has 2 aliphatic rings. The molecule has 31 heavy (non-hydrogen) atoms. The van der Waals surface area contributed by atoms with Crippen LogP contribution in [0, 0.1) is 0 Å². The fourth-order valence-electron chi connectivity index (χ4n) is 4.30. The number of hydrogen-bond acceptors (Lipinski definition) is 6.